The minimum Gasteiger partial charge on any atom is -0.369 e. The van der Waals surface area contributed by atoms with Gasteiger partial charge in [-0.3, -0.25) is 0 Å². The number of aryl methyl sites for hydroxylation is 1. The molecule has 2 rings (SSSR count). The number of hydrogen-bond acceptors (Lipinski definition) is 3. The number of rotatable bonds is 2. The minimum atomic E-state index is 0.509. The Morgan fingerprint density at radius 2 is 2.31 bits per heavy atom. The van der Waals surface area contributed by atoms with E-state index in [0.717, 1.165) is 36.3 Å². The summed E-state index contributed by atoms with van der Waals surface area (Å²) >= 11 is 0. The van der Waals surface area contributed by atoms with Gasteiger partial charge in [-0.25, -0.2) is 0 Å². The van der Waals surface area contributed by atoms with Crippen LogP contribution in [0.4, 0.5) is 5.69 Å². The first kappa shape index (κ1) is 11.0. The summed E-state index contributed by atoms with van der Waals surface area (Å²) < 4.78 is 0. The maximum atomic E-state index is 9.14. The van der Waals surface area contributed by atoms with Gasteiger partial charge in [0.15, 0.2) is 0 Å². The van der Waals surface area contributed by atoms with Gasteiger partial charge in [-0.1, -0.05) is 6.07 Å². The Labute approximate surface area is 96.7 Å². The summed E-state index contributed by atoms with van der Waals surface area (Å²) in [6, 6.07) is 8.85. The van der Waals surface area contributed by atoms with E-state index in [1.54, 1.807) is 0 Å². The molecule has 3 heteroatoms. The average molecular weight is 215 g/mol. The standard InChI is InChI=1S/C13H17N3/c1-10-3-4-13(11(7-10)8-14)16(2)12-5-6-15-9-12/h3-4,7,12,15H,5-6,9H2,1-2H3. The molecule has 0 spiro atoms. The Hall–Kier alpha value is -1.53. The molecule has 0 amide bonds. The monoisotopic (exact) mass is 215 g/mol. The first-order valence-corrected chi connectivity index (χ1v) is 5.66. The number of benzene rings is 1. The molecule has 0 bridgehead atoms. The van der Waals surface area contributed by atoms with Crippen LogP contribution in [0.5, 0.6) is 0 Å². The van der Waals surface area contributed by atoms with Crippen molar-refractivity contribution in [3.05, 3.63) is 29.3 Å². The average Bonchev–Trinajstić information content (AvgIpc) is 2.81. The van der Waals surface area contributed by atoms with Gasteiger partial charge in [0.2, 0.25) is 0 Å². The van der Waals surface area contributed by atoms with E-state index in [1.165, 1.54) is 0 Å². The number of nitrogens with zero attached hydrogens (tertiary/aromatic N) is 2. The van der Waals surface area contributed by atoms with E-state index in [2.05, 4.69) is 29.4 Å². The molecule has 1 aliphatic rings. The summed E-state index contributed by atoms with van der Waals surface area (Å²) in [5, 5.41) is 12.5. The van der Waals surface area contributed by atoms with E-state index >= 15 is 0 Å². The van der Waals surface area contributed by atoms with Crippen LogP contribution < -0.4 is 10.2 Å². The van der Waals surface area contributed by atoms with Crippen LogP contribution in [-0.4, -0.2) is 26.2 Å². The Balaban J connectivity index is 2.28. The van der Waals surface area contributed by atoms with Crippen molar-refractivity contribution in [2.75, 3.05) is 25.0 Å². The highest BCUT2D eigenvalue weighted by Gasteiger charge is 2.21. The number of hydrogen-bond donors (Lipinski definition) is 1. The van der Waals surface area contributed by atoms with Gasteiger partial charge in [-0.15, -0.1) is 0 Å². The van der Waals surface area contributed by atoms with Crippen molar-refractivity contribution in [1.82, 2.24) is 5.32 Å². The van der Waals surface area contributed by atoms with Crippen LogP contribution in [0.2, 0.25) is 0 Å². The number of nitriles is 1. The van der Waals surface area contributed by atoms with Crippen molar-refractivity contribution in [3.63, 3.8) is 0 Å². The van der Waals surface area contributed by atoms with E-state index in [4.69, 9.17) is 5.26 Å². The van der Waals surface area contributed by atoms with Gasteiger partial charge in [0.1, 0.15) is 6.07 Å². The lowest BCUT2D eigenvalue weighted by atomic mass is 10.1. The van der Waals surface area contributed by atoms with Crippen molar-refractivity contribution in [1.29, 1.82) is 5.26 Å². The molecular formula is C13H17N3. The van der Waals surface area contributed by atoms with Crippen LogP contribution in [-0.2, 0) is 0 Å². The van der Waals surface area contributed by atoms with Crippen LogP contribution in [0.3, 0.4) is 0 Å². The Kier molecular flexibility index (Phi) is 3.12. The summed E-state index contributed by atoms with van der Waals surface area (Å²) in [7, 11) is 2.07. The summed E-state index contributed by atoms with van der Waals surface area (Å²) in [5.74, 6) is 0. The van der Waals surface area contributed by atoms with Gasteiger partial charge in [0.25, 0.3) is 0 Å². The molecule has 0 saturated carbocycles. The molecule has 0 aliphatic carbocycles. The fraction of sp³-hybridized carbons (Fsp3) is 0.462. The minimum absolute atomic E-state index is 0.509. The van der Waals surface area contributed by atoms with E-state index < -0.39 is 0 Å². The van der Waals surface area contributed by atoms with Crippen molar-refractivity contribution in [2.45, 2.75) is 19.4 Å². The van der Waals surface area contributed by atoms with Crippen LogP contribution in [0, 0.1) is 18.3 Å². The van der Waals surface area contributed by atoms with Crippen LogP contribution in [0.15, 0.2) is 18.2 Å². The lowest BCUT2D eigenvalue weighted by Gasteiger charge is -2.27. The fourth-order valence-electron chi connectivity index (χ4n) is 2.21. The maximum Gasteiger partial charge on any atom is 0.101 e. The molecule has 1 heterocycles. The van der Waals surface area contributed by atoms with Gasteiger partial charge < -0.3 is 10.2 Å². The van der Waals surface area contributed by atoms with Gasteiger partial charge >= 0.3 is 0 Å². The van der Waals surface area contributed by atoms with Crippen molar-refractivity contribution in [3.8, 4) is 6.07 Å². The largest absolute Gasteiger partial charge is 0.369 e. The normalized spacial score (nSPS) is 19.4. The van der Waals surface area contributed by atoms with Crippen LogP contribution in [0.25, 0.3) is 0 Å². The first-order valence-electron chi connectivity index (χ1n) is 5.66. The second kappa shape index (κ2) is 4.54. The molecule has 1 saturated heterocycles. The zero-order chi connectivity index (χ0) is 11.5. The Morgan fingerprint density at radius 3 is 2.94 bits per heavy atom. The molecule has 1 atom stereocenters. The molecule has 3 nitrogen and oxygen atoms in total. The van der Waals surface area contributed by atoms with E-state index in [1.807, 2.05) is 19.1 Å². The third-order valence-electron chi connectivity index (χ3n) is 3.23. The molecule has 1 aromatic carbocycles. The molecule has 1 unspecified atom stereocenters. The zero-order valence-corrected chi connectivity index (χ0v) is 9.83. The molecule has 16 heavy (non-hydrogen) atoms. The molecule has 1 aliphatic heterocycles. The number of anilines is 1. The highest BCUT2D eigenvalue weighted by molar-refractivity contribution is 5.60. The first-order chi connectivity index (χ1) is 7.72. The van der Waals surface area contributed by atoms with Crippen molar-refractivity contribution < 1.29 is 0 Å². The third-order valence-corrected chi connectivity index (χ3v) is 3.23. The highest BCUT2D eigenvalue weighted by Crippen LogP contribution is 2.23. The number of likely N-dealkylation sites (N-methyl/N-ethyl adjacent to an activating group) is 1. The van der Waals surface area contributed by atoms with Crippen LogP contribution >= 0.6 is 0 Å². The van der Waals surface area contributed by atoms with E-state index in [-0.39, 0.29) is 0 Å². The van der Waals surface area contributed by atoms with Crippen molar-refractivity contribution in [2.24, 2.45) is 0 Å². The van der Waals surface area contributed by atoms with Gasteiger partial charge in [-0.2, -0.15) is 5.26 Å². The SMILES string of the molecule is Cc1ccc(N(C)C2CCNC2)c(C#N)c1. The second-order valence-corrected chi connectivity index (χ2v) is 4.39. The molecular weight excluding hydrogens is 198 g/mol. The van der Waals surface area contributed by atoms with Crippen LogP contribution in [0.1, 0.15) is 17.5 Å². The molecule has 1 aromatic rings. The zero-order valence-electron chi connectivity index (χ0n) is 9.83. The lowest BCUT2D eigenvalue weighted by molar-refractivity contribution is 0.685. The molecule has 0 radical (unpaired) electrons. The summed E-state index contributed by atoms with van der Waals surface area (Å²) in [5.41, 5.74) is 2.95. The van der Waals surface area contributed by atoms with E-state index in [9.17, 15) is 0 Å². The van der Waals surface area contributed by atoms with Gasteiger partial charge in [-0.05, 0) is 37.6 Å². The van der Waals surface area contributed by atoms with Gasteiger partial charge in [0, 0.05) is 19.6 Å². The molecule has 1 N–H and O–H groups in total. The van der Waals surface area contributed by atoms with Gasteiger partial charge in [0.05, 0.1) is 11.3 Å². The fourth-order valence-corrected chi connectivity index (χ4v) is 2.21. The molecule has 1 fully saturated rings. The Morgan fingerprint density at radius 1 is 1.50 bits per heavy atom. The summed E-state index contributed by atoms with van der Waals surface area (Å²) in [4.78, 5) is 2.22. The second-order valence-electron chi connectivity index (χ2n) is 4.39. The topological polar surface area (TPSA) is 39.1 Å². The lowest BCUT2D eigenvalue weighted by Crippen LogP contribution is -2.33. The smallest absolute Gasteiger partial charge is 0.101 e. The van der Waals surface area contributed by atoms with Crippen molar-refractivity contribution >= 4 is 5.69 Å². The molecule has 84 valence electrons. The highest BCUT2D eigenvalue weighted by atomic mass is 15.2. The number of nitrogens with one attached hydrogen (secondary N) is 1. The predicted octanol–water partition coefficient (Wildman–Crippen LogP) is 1.66. The summed E-state index contributed by atoms with van der Waals surface area (Å²) in [6.45, 7) is 4.10. The predicted molar refractivity (Wildman–Crippen MR) is 65.6 cm³/mol. The Bertz CT molecular complexity index is 414. The maximum absolute atomic E-state index is 9.14. The van der Waals surface area contributed by atoms with E-state index in [0.29, 0.717) is 6.04 Å². The summed E-state index contributed by atoms with van der Waals surface area (Å²) in [6.07, 6.45) is 1.15. The third kappa shape index (κ3) is 2.02. The molecule has 0 aromatic heterocycles. The quantitative estimate of drug-likeness (QED) is 0.815.